The van der Waals surface area contributed by atoms with Gasteiger partial charge in [-0.05, 0) is 55.7 Å². The number of hydrogen-bond acceptors (Lipinski definition) is 5. The number of halogens is 1. The largest absolute Gasteiger partial charge is 0.328 e. The fourth-order valence-electron chi connectivity index (χ4n) is 4.31. The number of nitrogens with one attached hydrogen (secondary N) is 2. The van der Waals surface area contributed by atoms with Crippen molar-refractivity contribution in [2.45, 2.75) is 37.7 Å². The van der Waals surface area contributed by atoms with Gasteiger partial charge in [-0.1, -0.05) is 71.9 Å². The highest BCUT2D eigenvalue weighted by Gasteiger charge is 2.34. The van der Waals surface area contributed by atoms with Crippen molar-refractivity contribution in [1.29, 1.82) is 0 Å². The van der Waals surface area contributed by atoms with E-state index in [4.69, 9.17) is 5.10 Å². The number of fused-ring (bicyclic) bond motifs is 1. The molecule has 1 aliphatic rings. The highest BCUT2D eigenvalue weighted by molar-refractivity contribution is 7.98. The van der Waals surface area contributed by atoms with Gasteiger partial charge in [0.25, 0.3) is 5.91 Å². The predicted molar refractivity (Wildman–Crippen MR) is 141 cm³/mol. The molecule has 3 aromatic carbocycles. The zero-order valence-corrected chi connectivity index (χ0v) is 21.1. The highest BCUT2D eigenvalue weighted by atomic mass is 32.2. The van der Waals surface area contributed by atoms with E-state index in [-0.39, 0.29) is 11.7 Å². The third-order valence-corrected chi connectivity index (χ3v) is 7.01. The minimum absolute atomic E-state index is 0.249. The molecular weight excluding hydrogens is 473 g/mol. The number of amides is 1. The zero-order valence-electron chi connectivity index (χ0n) is 20.2. The van der Waals surface area contributed by atoms with E-state index in [1.165, 1.54) is 29.5 Å². The molecule has 4 aromatic rings. The molecule has 5 rings (SSSR count). The van der Waals surface area contributed by atoms with Gasteiger partial charge in [-0.3, -0.25) is 4.79 Å². The molecule has 1 atom stereocenters. The Kier molecular flexibility index (Phi) is 6.61. The van der Waals surface area contributed by atoms with Gasteiger partial charge in [0.1, 0.15) is 11.9 Å². The van der Waals surface area contributed by atoms with Crippen LogP contribution in [-0.2, 0) is 10.5 Å². The molecule has 0 fully saturated rings. The maximum Gasteiger partial charge on any atom is 0.255 e. The van der Waals surface area contributed by atoms with Gasteiger partial charge in [0.15, 0.2) is 0 Å². The number of anilines is 2. The van der Waals surface area contributed by atoms with Crippen LogP contribution in [0.15, 0.2) is 89.2 Å². The number of aryl methyl sites for hydroxylation is 2. The van der Waals surface area contributed by atoms with Crippen LogP contribution < -0.4 is 10.6 Å². The van der Waals surface area contributed by atoms with Crippen LogP contribution in [0.5, 0.6) is 0 Å². The minimum atomic E-state index is -0.564. The topological polar surface area (TPSA) is 71.8 Å². The van der Waals surface area contributed by atoms with Crippen LogP contribution in [0.2, 0.25) is 0 Å². The Labute approximate surface area is 213 Å². The highest BCUT2D eigenvalue weighted by Crippen LogP contribution is 2.37. The Balaban J connectivity index is 1.50. The average Bonchev–Trinajstić information content (AvgIpc) is 3.27. The van der Waals surface area contributed by atoms with Crippen LogP contribution >= 0.6 is 11.8 Å². The first-order valence-electron chi connectivity index (χ1n) is 11.6. The molecule has 8 heteroatoms. The second-order valence-corrected chi connectivity index (χ2v) is 9.77. The van der Waals surface area contributed by atoms with E-state index in [9.17, 15) is 9.18 Å². The lowest BCUT2D eigenvalue weighted by Crippen LogP contribution is -2.31. The van der Waals surface area contributed by atoms with Crippen molar-refractivity contribution in [1.82, 2.24) is 14.8 Å². The van der Waals surface area contributed by atoms with E-state index in [1.54, 1.807) is 16.8 Å². The number of benzene rings is 3. The molecule has 0 unspecified atom stereocenters. The molecule has 1 aliphatic heterocycles. The molecule has 0 radical (unpaired) electrons. The molecule has 0 spiro atoms. The summed E-state index contributed by atoms with van der Waals surface area (Å²) < 4.78 is 15.5. The van der Waals surface area contributed by atoms with Crippen LogP contribution in [0.4, 0.5) is 16.0 Å². The normalized spacial score (nSPS) is 14.8. The van der Waals surface area contributed by atoms with Crippen LogP contribution in [0.25, 0.3) is 0 Å². The fourth-order valence-corrected chi connectivity index (χ4v) is 5.09. The second-order valence-electron chi connectivity index (χ2n) is 8.83. The number of hydrogen-bond donors (Lipinski definition) is 2. The van der Waals surface area contributed by atoms with Gasteiger partial charge < -0.3 is 10.6 Å². The molecule has 0 saturated heterocycles. The molecule has 182 valence electrons. The Morgan fingerprint density at radius 3 is 2.53 bits per heavy atom. The Morgan fingerprint density at radius 2 is 1.81 bits per heavy atom. The van der Waals surface area contributed by atoms with Crippen molar-refractivity contribution in [2.75, 3.05) is 10.6 Å². The van der Waals surface area contributed by atoms with Gasteiger partial charge in [-0.15, -0.1) is 5.10 Å². The predicted octanol–water partition coefficient (Wildman–Crippen LogP) is 6.25. The number of rotatable bonds is 6. The van der Waals surface area contributed by atoms with Gasteiger partial charge in [-0.25, -0.2) is 9.07 Å². The van der Waals surface area contributed by atoms with E-state index >= 15 is 0 Å². The van der Waals surface area contributed by atoms with Crippen LogP contribution in [0.1, 0.15) is 35.2 Å². The molecule has 1 amide bonds. The molecular formula is C28H26FN5OS. The lowest BCUT2D eigenvalue weighted by molar-refractivity contribution is -0.113. The summed E-state index contributed by atoms with van der Waals surface area (Å²) in [6.45, 7) is 5.83. The summed E-state index contributed by atoms with van der Waals surface area (Å²) >= 11 is 1.52. The van der Waals surface area contributed by atoms with Gasteiger partial charge in [-0.2, -0.15) is 4.98 Å². The van der Waals surface area contributed by atoms with Crippen molar-refractivity contribution >= 4 is 29.3 Å². The maximum absolute atomic E-state index is 13.8. The average molecular weight is 500 g/mol. The molecule has 2 heterocycles. The van der Waals surface area contributed by atoms with Crippen LogP contribution in [0, 0.1) is 19.7 Å². The number of carbonyl (C=O) groups is 1. The maximum atomic E-state index is 13.8. The van der Waals surface area contributed by atoms with Crippen molar-refractivity contribution in [3.8, 4) is 0 Å². The summed E-state index contributed by atoms with van der Waals surface area (Å²) in [5.74, 6) is 0.673. The van der Waals surface area contributed by atoms with Gasteiger partial charge in [0.2, 0.25) is 11.1 Å². The lowest BCUT2D eigenvalue weighted by atomic mass is 9.95. The van der Waals surface area contributed by atoms with Crippen LogP contribution in [-0.4, -0.2) is 20.7 Å². The summed E-state index contributed by atoms with van der Waals surface area (Å²) in [5, 5.41) is 11.6. The van der Waals surface area contributed by atoms with Crippen molar-refractivity contribution in [3.05, 3.63) is 112 Å². The number of allylic oxidation sites excluding steroid dienone is 1. The fraction of sp³-hybridized carbons (Fsp3) is 0.179. The molecule has 0 aliphatic carbocycles. The van der Waals surface area contributed by atoms with Crippen molar-refractivity contribution < 1.29 is 9.18 Å². The minimum Gasteiger partial charge on any atom is -0.328 e. The Morgan fingerprint density at radius 1 is 1.06 bits per heavy atom. The number of aromatic nitrogens is 3. The van der Waals surface area contributed by atoms with Crippen molar-refractivity contribution in [2.24, 2.45) is 0 Å². The summed E-state index contributed by atoms with van der Waals surface area (Å²) in [5.41, 5.74) is 5.92. The smallest absolute Gasteiger partial charge is 0.255 e. The number of thioether (sulfide) groups is 1. The van der Waals surface area contributed by atoms with E-state index in [2.05, 4.69) is 27.8 Å². The molecule has 6 nitrogen and oxygen atoms in total. The van der Waals surface area contributed by atoms with E-state index in [0.717, 1.165) is 28.1 Å². The van der Waals surface area contributed by atoms with Crippen molar-refractivity contribution in [3.63, 3.8) is 0 Å². The summed E-state index contributed by atoms with van der Waals surface area (Å²) in [7, 11) is 0. The molecule has 2 N–H and O–H groups in total. The second kappa shape index (κ2) is 9.99. The van der Waals surface area contributed by atoms with Gasteiger partial charge in [0, 0.05) is 17.1 Å². The first-order valence-corrected chi connectivity index (χ1v) is 12.6. The molecule has 0 bridgehead atoms. The molecule has 0 saturated carbocycles. The molecule has 36 heavy (non-hydrogen) atoms. The number of carbonyl (C=O) groups excluding carboxylic acids is 1. The molecule has 1 aromatic heterocycles. The van der Waals surface area contributed by atoms with Crippen LogP contribution in [0.3, 0.4) is 0 Å². The summed E-state index contributed by atoms with van der Waals surface area (Å²) in [6, 6.07) is 21.6. The first-order chi connectivity index (χ1) is 17.4. The first kappa shape index (κ1) is 23.8. The van der Waals surface area contributed by atoms with Gasteiger partial charge >= 0.3 is 0 Å². The summed E-state index contributed by atoms with van der Waals surface area (Å²) in [6.07, 6.45) is 0. The summed E-state index contributed by atoms with van der Waals surface area (Å²) in [4.78, 5) is 18.3. The Hall–Kier alpha value is -3.91. The zero-order chi connectivity index (χ0) is 25.2. The van der Waals surface area contributed by atoms with Gasteiger partial charge in [0.05, 0.1) is 5.57 Å². The quantitative estimate of drug-likeness (QED) is 0.307. The van der Waals surface area contributed by atoms with E-state index in [0.29, 0.717) is 22.4 Å². The monoisotopic (exact) mass is 499 g/mol. The Bertz CT molecular complexity index is 1450. The lowest BCUT2D eigenvalue weighted by Gasteiger charge is -2.28. The van der Waals surface area contributed by atoms with E-state index < -0.39 is 6.04 Å². The third-order valence-electron chi connectivity index (χ3n) is 6.10. The number of nitrogens with zero attached hydrogens (tertiary/aromatic N) is 3. The third kappa shape index (κ3) is 4.90. The SMILES string of the molecule is CC1=C(C(=O)Nc2ccc(C)cc2C)[C@H](c2ccc(F)cc2)n2nc(SCc3ccccc3)nc2N1. The van der Waals surface area contributed by atoms with E-state index in [1.807, 2.05) is 57.2 Å². The standard InChI is InChI=1S/C28H26FN5OS/c1-17-9-14-23(18(2)15-17)31-26(35)24-19(3)30-27-32-28(36-16-20-7-5-4-6-8-20)33-34(27)25(24)21-10-12-22(29)13-11-21/h4-15,25H,16H2,1-3H3,(H,31,35)(H,30,32,33)/t25-/m0/s1.